The van der Waals surface area contributed by atoms with Crippen molar-refractivity contribution in [2.24, 2.45) is 5.92 Å². The Hall–Kier alpha value is -4.27. The lowest BCUT2D eigenvalue weighted by molar-refractivity contribution is -0.137. The van der Waals surface area contributed by atoms with Gasteiger partial charge < -0.3 is 14.6 Å². The first-order valence-electron chi connectivity index (χ1n) is 11.9. The molecule has 0 aromatic heterocycles. The normalized spacial score (nSPS) is 17.2. The second-order valence-electron chi connectivity index (χ2n) is 9.22. The van der Waals surface area contributed by atoms with E-state index in [1.165, 1.54) is 13.2 Å². The van der Waals surface area contributed by atoms with E-state index in [1.807, 2.05) is 13.8 Å². The van der Waals surface area contributed by atoms with E-state index in [-0.39, 0.29) is 16.8 Å². The molecule has 1 unspecified atom stereocenters. The summed E-state index contributed by atoms with van der Waals surface area (Å²) in [5.74, 6) is -1.27. The highest BCUT2D eigenvalue weighted by Crippen LogP contribution is 2.44. The summed E-state index contributed by atoms with van der Waals surface area (Å²) < 4.78 is 51.3. The maximum Gasteiger partial charge on any atom is 0.416 e. The molecular formula is C29H26F3NO5. The molecule has 0 radical (unpaired) electrons. The molecule has 1 amide bonds. The lowest BCUT2D eigenvalue weighted by Gasteiger charge is -2.26. The van der Waals surface area contributed by atoms with E-state index in [0.29, 0.717) is 29.6 Å². The van der Waals surface area contributed by atoms with Gasteiger partial charge in [0.2, 0.25) is 0 Å². The zero-order valence-electron chi connectivity index (χ0n) is 21.0. The monoisotopic (exact) mass is 525 g/mol. The minimum absolute atomic E-state index is 0.133. The van der Waals surface area contributed by atoms with Gasteiger partial charge in [-0.05, 0) is 66.1 Å². The van der Waals surface area contributed by atoms with E-state index >= 15 is 0 Å². The quantitative estimate of drug-likeness (QED) is 0.220. The first-order valence-corrected chi connectivity index (χ1v) is 11.9. The van der Waals surface area contributed by atoms with Gasteiger partial charge in [-0.15, -0.1) is 0 Å². The molecule has 6 nitrogen and oxygen atoms in total. The molecule has 0 spiro atoms. The van der Waals surface area contributed by atoms with Crippen LogP contribution in [0.2, 0.25) is 0 Å². The van der Waals surface area contributed by atoms with E-state index in [2.05, 4.69) is 0 Å². The minimum Gasteiger partial charge on any atom is -0.507 e. The summed E-state index contributed by atoms with van der Waals surface area (Å²) in [5.41, 5.74) is -0.739. The Morgan fingerprint density at radius 3 is 2.29 bits per heavy atom. The molecule has 1 N–H and O–H groups in total. The van der Waals surface area contributed by atoms with Crippen LogP contribution in [0.25, 0.3) is 5.76 Å². The molecule has 0 saturated carbocycles. The Balaban J connectivity index is 1.86. The molecule has 198 valence electrons. The first-order chi connectivity index (χ1) is 18.0. The van der Waals surface area contributed by atoms with Crippen LogP contribution in [0.15, 0.2) is 78.4 Å². The van der Waals surface area contributed by atoms with Gasteiger partial charge in [0.25, 0.3) is 11.7 Å². The van der Waals surface area contributed by atoms with Crippen LogP contribution >= 0.6 is 0 Å². The molecule has 3 aromatic rings. The second kappa shape index (κ2) is 10.6. The van der Waals surface area contributed by atoms with Crippen LogP contribution < -0.4 is 14.4 Å². The van der Waals surface area contributed by atoms with Crippen molar-refractivity contribution in [2.75, 3.05) is 18.6 Å². The van der Waals surface area contributed by atoms with E-state index in [0.717, 1.165) is 23.1 Å². The third-order valence-electron chi connectivity index (χ3n) is 6.02. The van der Waals surface area contributed by atoms with Crippen LogP contribution in [0, 0.1) is 5.92 Å². The fourth-order valence-corrected chi connectivity index (χ4v) is 4.19. The molecule has 38 heavy (non-hydrogen) atoms. The standard InChI is InChI=1S/C29H26F3NO5/c1-17(2)16-38-22-12-10-18(11-13-22)26(34)24-25(19-6-4-9-23(14-19)37-3)33(28(36)27(24)35)21-8-5-7-20(15-21)29(30,31)32/h4-15,17,25,34H,16H2,1-3H3/b26-24+. The summed E-state index contributed by atoms with van der Waals surface area (Å²) in [7, 11) is 1.44. The Kier molecular flexibility index (Phi) is 7.48. The molecule has 3 aromatic carbocycles. The van der Waals surface area contributed by atoms with Crippen LogP contribution in [-0.2, 0) is 15.8 Å². The average molecular weight is 526 g/mol. The highest BCUT2D eigenvalue weighted by molar-refractivity contribution is 6.51. The van der Waals surface area contributed by atoms with Crippen molar-refractivity contribution in [3.05, 3.63) is 95.1 Å². The van der Waals surface area contributed by atoms with Crippen molar-refractivity contribution in [2.45, 2.75) is 26.1 Å². The molecule has 0 bridgehead atoms. The topological polar surface area (TPSA) is 76.1 Å². The number of nitrogens with zero attached hydrogens (tertiary/aromatic N) is 1. The number of ketones is 1. The number of hydrogen-bond donors (Lipinski definition) is 1. The van der Waals surface area contributed by atoms with Gasteiger partial charge >= 0.3 is 6.18 Å². The Bertz CT molecular complexity index is 1380. The first kappa shape index (κ1) is 26.8. The minimum atomic E-state index is -4.66. The van der Waals surface area contributed by atoms with Crippen LogP contribution in [0.1, 0.15) is 36.6 Å². The number of Topliss-reactive ketones (excluding diaryl/α,β-unsaturated/α-hetero) is 1. The predicted octanol–water partition coefficient (Wildman–Crippen LogP) is 6.38. The highest BCUT2D eigenvalue weighted by atomic mass is 19.4. The van der Waals surface area contributed by atoms with Crippen molar-refractivity contribution in [1.29, 1.82) is 0 Å². The van der Waals surface area contributed by atoms with E-state index in [1.54, 1.807) is 48.5 Å². The fourth-order valence-electron chi connectivity index (χ4n) is 4.19. The number of rotatable bonds is 7. The number of halogens is 3. The van der Waals surface area contributed by atoms with Crippen LogP contribution in [0.3, 0.4) is 0 Å². The molecule has 9 heteroatoms. The average Bonchev–Trinajstić information content (AvgIpc) is 3.17. The van der Waals surface area contributed by atoms with Gasteiger partial charge in [0.1, 0.15) is 17.3 Å². The fraction of sp³-hybridized carbons (Fsp3) is 0.241. The smallest absolute Gasteiger partial charge is 0.416 e. The Labute approximate surface area is 217 Å². The zero-order valence-corrected chi connectivity index (χ0v) is 21.0. The number of hydrogen-bond acceptors (Lipinski definition) is 5. The Morgan fingerprint density at radius 2 is 1.66 bits per heavy atom. The number of anilines is 1. The summed E-state index contributed by atoms with van der Waals surface area (Å²) in [6, 6.07) is 15.7. The largest absolute Gasteiger partial charge is 0.507 e. The summed E-state index contributed by atoms with van der Waals surface area (Å²) in [4.78, 5) is 27.5. The molecular weight excluding hydrogens is 499 g/mol. The number of amides is 1. The van der Waals surface area contributed by atoms with Crippen molar-refractivity contribution in [3.63, 3.8) is 0 Å². The SMILES string of the molecule is COc1cccc(C2/C(=C(\O)c3ccc(OCC(C)C)cc3)C(=O)C(=O)N2c2cccc(C(F)(F)F)c2)c1. The molecule has 1 saturated heterocycles. The van der Waals surface area contributed by atoms with Gasteiger partial charge in [-0.2, -0.15) is 13.2 Å². The summed E-state index contributed by atoms with van der Waals surface area (Å²) in [5, 5.41) is 11.3. The zero-order chi connectivity index (χ0) is 27.6. The van der Waals surface area contributed by atoms with Gasteiger partial charge in [-0.3, -0.25) is 14.5 Å². The van der Waals surface area contributed by atoms with Crippen LogP contribution in [0.5, 0.6) is 11.5 Å². The molecule has 1 aliphatic heterocycles. The maximum absolute atomic E-state index is 13.5. The summed E-state index contributed by atoms with van der Waals surface area (Å²) in [6.45, 7) is 4.49. The Morgan fingerprint density at radius 1 is 0.974 bits per heavy atom. The molecule has 0 aliphatic carbocycles. The number of aliphatic hydroxyl groups excluding tert-OH is 1. The number of carbonyl (C=O) groups is 2. The van der Waals surface area contributed by atoms with Crippen LogP contribution in [-0.4, -0.2) is 30.5 Å². The van der Waals surface area contributed by atoms with Gasteiger partial charge in [0.15, 0.2) is 0 Å². The van der Waals surface area contributed by atoms with Gasteiger partial charge in [-0.25, -0.2) is 0 Å². The number of alkyl halides is 3. The number of methoxy groups -OCH3 is 1. The van der Waals surface area contributed by atoms with E-state index < -0.39 is 35.2 Å². The second-order valence-corrected chi connectivity index (χ2v) is 9.22. The van der Waals surface area contributed by atoms with Crippen molar-refractivity contribution < 1.29 is 37.3 Å². The third kappa shape index (κ3) is 5.37. The van der Waals surface area contributed by atoms with Gasteiger partial charge in [-0.1, -0.05) is 32.0 Å². The highest BCUT2D eigenvalue weighted by Gasteiger charge is 2.47. The maximum atomic E-state index is 13.5. The predicted molar refractivity (Wildman–Crippen MR) is 136 cm³/mol. The molecule has 1 atom stereocenters. The van der Waals surface area contributed by atoms with Crippen molar-refractivity contribution in [3.8, 4) is 11.5 Å². The number of ether oxygens (including phenoxy) is 2. The number of benzene rings is 3. The lowest BCUT2D eigenvalue weighted by Crippen LogP contribution is -2.29. The van der Waals surface area contributed by atoms with Crippen molar-refractivity contribution in [1.82, 2.24) is 0 Å². The summed E-state index contributed by atoms with van der Waals surface area (Å²) in [6.07, 6.45) is -4.66. The lowest BCUT2D eigenvalue weighted by atomic mass is 9.95. The summed E-state index contributed by atoms with van der Waals surface area (Å²) >= 11 is 0. The van der Waals surface area contributed by atoms with Crippen molar-refractivity contribution >= 4 is 23.1 Å². The molecule has 1 heterocycles. The van der Waals surface area contributed by atoms with Crippen LogP contribution in [0.4, 0.5) is 18.9 Å². The molecule has 1 fully saturated rings. The number of aliphatic hydroxyl groups is 1. The van der Waals surface area contributed by atoms with E-state index in [4.69, 9.17) is 9.47 Å². The molecule has 4 rings (SSSR count). The van der Waals surface area contributed by atoms with Gasteiger partial charge in [0, 0.05) is 11.3 Å². The molecule has 1 aliphatic rings. The van der Waals surface area contributed by atoms with E-state index in [9.17, 15) is 27.9 Å². The third-order valence-corrected chi connectivity index (χ3v) is 6.02. The van der Waals surface area contributed by atoms with Gasteiger partial charge in [0.05, 0.1) is 30.9 Å². The number of carbonyl (C=O) groups excluding carboxylic acids is 2.